The summed E-state index contributed by atoms with van der Waals surface area (Å²) in [6.07, 6.45) is 2.72. The van der Waals surface area contributed by atoms with E-state index in [4.69, 9.17) is 16.1 Å². The van der Waals surface area contributed by atoms with Gasteiger partial charge in [0.2, 0.25) is 11.7 Å². The molecular weight excluding hydrogens is 392 g/mol. The van der Waals surface area contributed by atoms with E-state index in [9.17, 15) is 0 Å². The van der Waals surface area contributed by atoms with Gasteiger partial charge in [0, 0.05) is 36.5 Å². The van der Waals surface area contributed by atoms with Gasteiger partial charge in [-0.1, -0.05) is 35.8 Å². The minimum absolute atomic E-state index is 0.227. The molecule has 1 aliphatic heterocycles. The number of rotatable bonds is 5. The van der Waals surface area contributed by atoms with E-state index in [1.54, 1.807) is 19.2 Å². The molecule has 2 N–H and O–H groups in total. The number of halogens is 1. The highest BCUT2D eigenvalue weighted by Gasteiger charge is 2.22. The number of guanidine groups is 1. The van der Waals surface area contributed by atoms with Gasteiger partial charge in [-0.15, -0.1) is 0 Å². The van der Waals surface area contributed by atoms with E-state index in [0.29, 0.717) is 29.2 Å². The summed E-state index contributed by atoms with van der Waals surface area (Å²) in [5, 5.41) is 15.8. The Kier molecular flexibility index (Phi) is 5.75. The third-order valence-corrected chi connectivity index (χ3v) is 4.98. The summed E-state index contributed by atoms with van der Waals surface area (Å²) in [6.45, 7) is 3.20. The summed E-state index contributed by atoms with van der Waals surface area (Å²) in [6, 6.07) is 7.58. The molecule has 0 radical (unpaired) electrons. The van der Waals surface area contributed by atoms with Gasteiger partial charge in [0.25, 0.3) is 0 Å². The SMILES string of the molecule is CCc1nc2n(n1)CC(NC(=NC)NCc1nc(-c3cccc(Cl)c3)no1)CC2. The van der Waals surface area contributed by atoms with Gasteiger partial charge in [-0.25, -0.2) is 9.67 Å². The van der Waals surface area contributed by atoms with Crippen molar-refractivity contribution in [2.24, 2.45) is 4.99 Å². The van der Waals surface area contributed by atoms with E-state index in [2.05, 4.69) is 42.8 Å². The van der Waals surface area contributed by atoms with Gasteiger partial charge in [0.15, 0.2) is 11.8 Å². The number of aliphatic imine (C=N–C) groups is 1. The van der Waals surface area contributed by atoms with Crippen molar-refractivity contribution in [1.29, 1.82) is 0 Å². The number of benzene rings is 1. The second-order valence-electron chi connectivity index (χ2n) is 6.81. The Labute approximate surface area is 173 Å². The summed E-state index contributed by atoms with van der Waals surface area (Å²) in [4.78, 5) is 13.3. The van der Waals surface area contributed by atoms with Crippen LogP contribution in [0.4, 0.5) is 0 Å². The Morgan fingerprint density at radius 3 is 3.07 bits per heavy atom. The van der Waals surface area contributed by atoms with E-state index in [1.165, 1.54) is 0 Å². The highest BCUT2D eigenvalue weighted by molar-refractivity contribution is 6.30. The number of aryl methyl sites for hydroxylation is 2. The largest absolute Gasteiger partial charge is 0.352 e. The molecule has 10 heteroatoms. The number of fused-ring (bicyclic) bond motifs is 1. The lowest BCUT2D eigenvalue weighted by Crippen LogP contribution is -2.46. The molecule has 9 nitrogen and oxygen atoms in total. The van der Waals surface area contributed by atoms with Gasteiger partial charge < -0.3 is 15.2 Å². The lowest BCUT2D eigenvalue weighted by molar-refractivity contribution is 0.371. The van der Waals surface area contributed by atoms with Crippen molar-refractivity contribution in [1.82, 2.24) is 35.5 Å². The summed E-state index contributed by atoms with van der Waals surface area (Å²) < 4.78 is 7.32. The molecule has 1 aromatic carbocycles. The summed E-state index contributed by atoms with van der Waals surface area (Å²) in [5.74, 6) is 3.61. The predicted molar refractivity (Wildman–Crippen MR) is 110 cm³/mol. The fraction of sp³-hybridized carbons (Fsp3) is 0.421. The van der Waals surface area contributed by atoms with Crippen LogP contribution >= 0.6 is 11.6 Å². The highest BCUT2D eigenvalue weighted by atomic mass is 35.5. The third kappa shape index (κ3) is 4.56. The van der Waals surface area contributed by atoms with Crippen molar-refractivity contribution >= 4 is 17.6 Å². The first-order chi connectivity index (χ1) is 14.1. The molecule has 1 aliphatic rings. The van der Waals surface area contributed by atoms with Gasteiger partial charge in [-0.3, -0.25) is 4.99 Å². The molecule has 3 aromatic rings. The zero-order chi connectivity index (χ0) is 20.2. The maximum atomic E-state index is 6.02. The zero-order valence-electron chi connectivity index (χ0n) is 16.4. The molecule has 0 bridgehead atoms. The minimum atomic E-state index is 0.227. The molecule has 0 spiro atoms. The fourth-order valence-corrected chi connectivity index (χ4v) is 3.44. The Bertz CT molecular complexity index is 1010. The van der Waals surface area contributed by atoms with Crippen molar-refractivity contribution in [3.05, 3.63) is 46.8 Å². The van der Waals surface area contributed by atoms with E-state index < -0.39 is 0 Å². The van der Waals surface area contributed by atoms with Crippen molar-refractivity contribution in [2.45, 2.75) is 45.3 Å². The Morgan fingerprint density at radius 2 is 2.28 bits per heavy atom. The van der Waals surface area contributed by atoms with Crippen molar-refractivity contribution in [3.8, 4) is 11.4 Å². The molecule has 4 rings (SSSR count). The van der Waals surface area contributed by atoms with E-state index in [1.807, 2.05) is 16.8 Å². The molecule has 0 aliphatic carbocycles. The molecule has 0 fully saturated rings. The molecule has 1 unspecified atom stereocenters. The lowest BCUT2D eigenvalue weighted by atomic mass is 10.1. The molecule has 0 amide bonds. The number of nitrogens with zero attached hydrogens (tertiary/aromatic N) is 6. The minimum Gasteiger partial charge on any atom is -0.352 e. The van der Waals surface area contributed by atoms with Crippen LogP contribution in [0.3, 0.4) is 0 Å². The van der Waals surface area contributed by atoms with Crippen LogP contribution in [-0.4, -0.2) is 44.0 Å². The molecule has 29 heavy (non-hydrogen) atoms. The maximum absolute atomic E-state index is 6.02. The Morgan fingerprint density at radius 1 is 1.38 bits per heavy atom. The first-order valence-electron chi connectivity index (χ1n) is 9.63. The topological polar surface area (TPSA) is 106 Å². The normalized spacial score (nSPS) is 16.5. The molecule has 3 heterocycles. The first kappa shape index (κ1) is 19.4. The monoisotopic (exact) mass is 414 g/mol. The second-order valence-corrected chi connectivity index (χ2v) is 7.24. The summed E-state index contributed by atoms with van der Waals surface area (Å²) >= 11 is 6.02. The number of hydrogen-bond acceptors (Lipinski definition) is 6. The van der Waals surface area contributed by atoms with Gasteiger partial charge in [-0.05, 0) is 18.6 Å². The van der Waals surface area contributed by atoms with Crippen molar-refractivity contribution in [2.75, 3.05) is 7.05 Å². The van der Waals surface area contributed by atoms with Gasteiger partial charge in [-0.2, -0.15) is 10.1 Å². The molecular formula is C19H23ClN8O. The number of aromatic nitrogens is 5. The van der Waals surface area contributed by atoms with Crippen LogP contribution in [0.15, 0.2) is 33.8 Å². The van der Waals surface area contributed by atoms with Gasteiger partial charge in [0.05, 0.1) is 13.1 Å². The summed E-state index contributed by atoms with van der Waals surface area (Å²) in [5.41, 5.74) is 0.812. The quantitative estimate of drug-likeness (QED) is 0.487. The standard InChI is InChI=1S/C19H23ClN8O/c1-3-15-24-16-8-7-14(11-28(16)26-15)23-19(21-2)22-10-17-25-18(27-29-17)12-5-4-6-13(20)9-12/h4-6,9,14H,3,7-8,10-11H2,1-2H3,(H2,21,22,23). The summed E-state index contributed by atoms with van der Waals surface area (Å²) in [7, 11) is 1.74. The van der Waals surface area contributed by atoms with Crippen molar-refractivity contribution in [3.63, 3.8) is 0 Å². The van der Waals surface area contributed by atoms with Crippen LogP contribution in [0.1, 0.15) is 30.9 Å². The lowest BCUT2D eigenvalue weighted by Gasteiger charge is -2.25. The highest BCUT2D eigenvalue weighted by Crippen LogP contribution is 2.20. The number of hydrogen-bond donors (Lipinski definition) is 2. The molecule has 152 valence electrons. The Balaban J connectivity index is 1.33. The third-order valence-electron chi connectivity index (χ3n) is 4.74. The first-order valence-corrected chi connectivity index (χ1v) is 10.0. The Hall–Kier alpha value is -2.94. The van der Waals surface area contributed by atoms with Gasteiger partial charge >= 0.3 is 0 Å². The molecule has 0 saturated carbocycles. The van der Waals surface area contributed by atoms with Crippen molar-refractivity contribution < 1.29 is 4.52 Å². The van der Waals surface area contributed by atoms with E-state index in [-0.39, 0.29) is 6.04 Å². The number of nitrogens with one attached hydrogen (secondary N) is 2. The van der Waals surface area contributed by atoms with Crippen LogP contribution in [0, 0.1) is 0 Å². The van der Waals surface area contributed by atoms with Crippen LogP contribution in [0.25, 0.3) is 11.4 Å². The smallest absolute Gasteiger partial charge is 0.246 e. The average molecular weight is 415 g/mol. The van der Waals surface area contributed by atoms with Gasteiger partial charge in [0.1, 0.15) is 5.82 Å². The average Bonchev–Trinajstić information content (AvgIpc) is 3.37. The fourth-order valence-electron chi connectivity index (χ4n) is 3.25. The van der Waals surface area contributed by atoms with Crippen LogP contribution < -0.4 is 10.6 Å². The van der Waals surface area contributed by atoms with E-state index in [0.717, 1.165) is 43.0 Å². The van der Waals surface area contributed by atoms with Crippen LogP contribution in [-0.2, 0) is 25.9 Å². The van der Waals surface area contributed by atoms with Crippen LogP contribution in [0.5, 0.6) is 0 Å². The second kappa shape index (κ2) is 8.60. The molecule has 1 atom stereocenters. The molecule has 0 saturated heterocycles. The zero-order valence-corrected chi connectivity index (χ0v) is 17.1. The maximum Gasteiger partial charge on any atom is 0.246 e. The predicted octanol–water partition coefficient (Wildman–Crippen LogP) is 2.22. The van der Waals surface area contributed by atoms with Crippen LogP contribution in [0.2, 0.25) is 5.02 Å². The molecule has 2 aromatic heterocycles. The van der Waals surface area contributed by atoms with E-state index >= 15 is 0 Å².